The Labute approximate surface area is 118 Å². The largest absolute Gasteiger partial charge is 0.496 e. The van der Waals surface area contributed by atoms with Crippen LogP contribution in [0.3, 0.4) is 0 Å². The molecular weight excluding hydrogens is 268 g/mol. The Bertz CT molecular complexity index is 483. The number of aliphatic hydroxyl groups excluding tert-OH is 1. The summed E-state index contributed by atoms with van der Waals surface area (Å²) in [5.41, 5.74) is 1.82. The zero-order chi connectivity index (χ0) is 14.7. The molecule has 1 atom stereocenters. The van der Waals surface area contributed by atoms with E-state index in [1.165, 1.54) is 14.2 Å². The number of aliphatic hydroxyl groups is 1. The smallest absolute Gasteiger partial charge is 0.339 e. The van der Waals surface area contributed by atoms with Gasteiger partial charge in [-0.15, -0.1) is 0 Å². The lowest BCUT2D eigenvalue weighted by atomic mass is 9.93. The summed E-state index contributed by atoms with van der Waals surface area (Å²) in [7, 11) is 2.73. The fraction of sp³-hybridized carbons (Fsp3) is 0.500. The average molecular weight is 287 g/mol. The second-order valence-electron chi connectivity index (χ2n) is 4.60. The van der Waals surface area contributed by atoms with Gasteiger partial charge < -0.3 is 14.6 Å². The van der Waals surface area contributed by atoms with Crippen molar-refractivity contribution < 1.29 is 19.4 Å². The van der Waals surface area contributed by atoms with Crippen molar-refractivity contribution in [1.82, 2.24) is 0 Å². The Kier molecular flexibility index (Phi) is 5.20. The van der Waals surface area contributed by atoms with Crippen LogP contribution in [0.15, 0.2) is 6.07 Å². The summed E-state index contributed by atoms with van der Waals surface area (Å²) in [4.78, 5) is 11.6. The Hall–Kier alpha value is -1.26. The highest BCUT2D eigenvalue weighted by Crippen LogP contribution is 2.39. The van der Waals surface area contributed by atoms with E-state index in [9.17, 15) is 9.90 Å². The molecule has 5 heteroatoms. The van der Waals surface area contributed by atoms with E-state index in [0.717, 1.165) is 5.56 Å². The third-order valence-electron chi connectivity index (χ3n) is 3.08. The van der Waals surface area contributed by atoms with Gasteiger partial charge in [0.25, 0.3) is 0 Å². The number of esters is 1. The van der Waals surface area contributed by atoms with Gasteiger partial charge in [0, 0.05) is 10.6 Å². The van der Waals surface area contributed by atoms with Crippen LogP contribution in [-0.2, 0) is 9.53 Å². The minimum atomic E-state index is -1.41. The van der Waals surface area contributed by atoms with Crippen molar-refractivity contribution in [3.63, 3.8) is 0 Å². The molecule has 0 aliphatic carbocycles. The van der Waals surface area contributed by atoms with Crippen LogP contribution in [0, 0.1) is 6.92 Å². The minimum absolute atomic E-state index is 0.150. The molecule has 0 aliphatic rings. The molecule has 1 aromatic rings. The first-order valence-corrected chi connectivity index (χ1v) is 6.35. The molecule has 1 unspecified atom stereocenters. The van der Waals surface area contributed by atoms with Gasteiger partial charge in [-0.3, -0.25) is 0 Å². The maximum absolute atomic E-state index is 11.6. The van der Waals surface area contributed by atoms with E-state index >= 15 is 0 Å². The summed E-state index contributed by atoms with van der Waals surface area (Å²) in [6.45, 7) is 5.70. The number of hydrogen-bond donors (Lipinski definition) is 1. The number of hydrogen-bond acceptors (Lipinski definition) is 4. The van der Waals surface area contributed by atoms with E-state index in [-0.39, 0.29) is 5.92 Å². The number of halogens is 1. The van der Waals surface area contributed by atoms with E-state index in [0.29, 0.717) is 21.9 Å². The summed E-state index contributed by atoms with van der Waals surface area (Å²) in [5.74, 6) is -0.107. The van der Waals surface area contributed by atoms with Gasteiger partial charge in [-0.05, 0) is 30.0 Å². The van der Waals surface area contributed by atoms with Crippen LogP contribution in [0.1, 0.15) is 42.6 Å². The standard InChI is InChI=1S/C14H19ClO4/c1-7(2)9-6-10(15)8(3)11(13(9)18-4)12(16)14(17)19-5/h6-7,12,16H,1-5H3. The number of benzene rings is 1. The highest BCUT2D eigenvalue weighted by molar-refractivity contribution is 6.31. The summed E-state index contributed by atoms with van der Waals surface area (Å²) in [6.07, 6.45) is -1.41. The average Bonchev–Trinajstić information content (AvgIpc) is 2.38. The minimum Gasteiger partial charge on any atom is -0.496 e. The summed E-state index contributed by atoms with van der Waals surface area (Å²) in [6, 6.07) is 1.80. The molecule has 1 N–H and O–H groups in total. The number of methoxy groups -OCH3 is 2. The second-order valence-corrected chi connectivity index (χ2v) is 5.01. The van der Waals surface area contributed by atoms with Crippen LogP contribution in [-0.4, -0.2) is 25.3 Å². The van der Waals surface area contributed by atoms with Crippen LogP contribution in [0.4, 0.5) is 0 Å². The van der Waals surface area contributed by atoms with Gasteiger partial charge >= 0.3 is 5.97 Å². The van der Waals surface area contributed by atoms with Gasteiger partial charge in [0.05, 0.1) is 14.2 Å². The molecule has 0 saturated carbocycles. The molecule has 0 saturated heterocycles. The maximum Gasteiger partial charge on any atom is 0.339 e. The zero-order valence-electron chi connectivity index (χ0n) is 11.8. The van der Waals surface area contributed by atoms with E-state index in [1.807, 2.05) is 13.8 Å². The molecule has 0 heterocycles. The molecule has 19 heavy (non-hydrogen) atoms. The third-order valence-corrected chi connectivity index (χ3v) is 3.47. The van der Waals surface area contributed by atoms with Crippen LogP contribution < -0.4 is 4.74 Å². The summed E-state index contributed by atoms with van der Waals surface area (Å²) in [5, 5.41) is 10.6. The molecule has 0 aliphatic heterocycles. The highest BCUT2D eigenvalue weighted by atomic mass is 35.5. The second kappa shape index (κ2) is 6.26. The highest BCUT2D eigenvalue weighted by Gasteiger charge is 2.28. The third kappa shape index (κ3) is 3.01. The van der Waals surface area contributed by atoms with Gasteiger partial charge in [-0.2, -0.15) is 0 Å². The summed E-state index contributed by atoms with van der Waals surface area (Å²) < 4.78 is 9.94. The van der Waals surface area contributed by atoms with Gasteiger partial charge in [0.1, 0.15) is 5.75 Å². The molecule has 1 aromatic carbocycles. The van der Waals surface area contributed by atoms with Crippen LogP contribution >= 0.6 is 11.6 Å². The van der Waals surface area contributed by atoms with Gasteiger partial charge in [-0.25, -0.2) is 4.79 Å². The maximum atomic E-state index is 11.6. The zero-order valence-corrected chi connectivity index (χ0v) is 12.5. The van der Waals surface area contributed by atoms with Gasteiger partial charge in [0.2, 0.25) is 0 Å². The van der Waals surface area contributed by atoms with Crippen molar-refractivity contribution in [3.05, 3.63) is 27.8 Å². The lowest BCUT2D eigenvalue weighted by Crippen LogP contribution is -2.17. The van der Waals surface area contributed by atoms with Crippen molar-refractivity contribution in [1.29, 1.82) is 0 Å². The quantitative estimate of drug-likeness (QED) is 0.865. The molecule has 4 nitrogen and oxygen atoms in total. The predicted octanol–water partition coefficient (Wildman–Crippen LogP) is 2.99. The van der Waals surface area contributed by atoms with Gasteiger partial charge in [-0.1, -0.05) is 25.4 Å². The van der Waals surface area contributed by atoms with Crippen molar-refractivity contribution in [2.24, 2.45) is 0 Å². The molecule has 0 spiro atoms. The number of carbonyl (C=O) groups excluding carboxylic acids is 1. The number of carbonyl (C=O) groups is 1. The number of ether oxygens (including phenoxy) is 2. The topological polar surface area (TPSA) is 55.8 Å². The molecular formula is C14H19ClO4. The normalized spacial score (nSPS) is 12.4. The summed E-state index contributed by atoms with van der Waals surface area (Å²) >= 11 is 6.17. The van der Waals surface area contributed by atoms with Crippen LogP contribution in [0.25, 0.3) is 0 Å². The first-order valence-electron chi connectivity index (χ1n) is 5.97. The predicted molar refractivity (Wildman–Crippen MR) is 73.8 cm³/mol. The van der Waals surface area contributed by atoms with E-state index in [2.05, 4.69) is 4.74 Å². The lowest BCUT2D eigenvalue weighted by Gasteiger charge is -2.21. The van der Waals surface area contributed by atoms with E-state index in [4.69, 9.17) is 16.3 Å². The molecule has 106 valence electrons. The monoisotopic (exact) mass is 286 g/mol. The fourth-order valence-electron chi connectivity index (χ4n) is 1.98. The Balaban J connectivity index is 3.55. The first kappa shape index (κ1) is 15.8. The first-order chi connectivity index (χ1) is 8.84. The molecule has 0 fully saturated rings. The van der Waals surface area contributed by atoms with Crippen LogP contribution in [0.2, 0.25) is 5.02 Å². The molecule has 0 aromatic heterocycles. The fourth-order valence-corrected chi connectivity index (χ4v) is 2.20. The lowest BCUT2D eigenvalue weighted by molar-refractivity contribution is -0.150. The molecule has 1 rings (SSSR count). The van der Waals surface area contributed by atoms with E-state index < -0.39 is 12.1 Å². The molecule has 0 amide bonds. The Morgan fingerprint density at radius 3 is 2.37 bits per heavy atom. The van der Waals surface area contributed by atoms with Crippen molar-refractivity contribution >= 4 is 17.6 Å². The van der Waals surface area contributed by atoms with Crippen molar-refractivity contribution in [2.75, 3.05) is 14.2 Å². The SMILES string of the molecule is COC(=O)C(O)c1c(C)c(Cl)cc(C(C)C)c1OC. The molecule has 0 bridgehead atoms. The number of rotatable bonds is 4. The van der Waals surface area contributed by atoms with Crippen molar-refractivity contribution in [2.45, 2.75) is 32.8 Å². The van der Waals surface area contributed by atoms with Gasteiger partial charge in [0.15, 0.2) is 6.10 Å². The molecule has 0 radical (unpaired) electrons. The van der Waals surface area contributed by atoms with E-state index in [1.54, 1.807) is 13.0 Å². The van der Waals surface area contributed by atoms with Crippen LogP contribution in [0.5, 0.6) is 5.75 Å². The van der Waals surface area contributed by atoms with Crippen molar-refractivity contribution in [3.8, 4) is 5.75 Å². The Morgan fingerprint density at radius 1 is 1.37 bits per heavy atom. The Morgan fingerprint density at radius 2 is 1.95 bits per heavy atom.